The van der Waals surface area contributed by atoms with E-state index >= 15 is 0 Å². The molecule has 2 aromatic carbocycles. The lowest BCUT2D eigenvalue weighted by atomic mass is 9.95. The number of hydrogen-bond donors (Lipinski definition) is 4. The minimum atomic E-state index is 0.468. The molecule has 5 rings (SSSR count). The molecule has 8 heteroatoms. The Morgan fingerprint density at radius 1 is 0.595 bits per heavy atom. The molecule has 7 nitrogen and oxygen atoms in total. The van der Waals surface area contributed by atoms with Gasteiger partial charge in [0.2, 0.25) is 0 Å². The van der Waals surface area contributed by atoms with Gasteiger partial charge in [-0.25, -0.2) is 4.99 Å². The molecular formula is C34H51N5O2S. The van der Waals surface area contributed by atoms with Crippen molar-refractivity contribution < 1.29 is 9.47 Å². The van der Waals surface area contributed by atoms with Crippen LogP contribution < -0.4 is 30.7 Å². The molecule has 230 valence electrons. The third-order valence-electron chi connectivity index (χ3n) is 8.47. The molecule has 0 bridgehead atoms. The summed E-state index contributed by atoms with van der Waals surface area (Å²) in [6, 6.07) is 17.4. The molecule has 0 atom stereocenters. The topological polar surface area (TPSA) is 78.9 Å². The summed E-state index contributed by atoms with van der Waals surface area (Å²) < 4.78 is 10.4. The van der Waals surface area contributed by atoms with Crippen LogP contribution >= 0.6 is 12.2 Å². The van der Waals surface area contributed by atoms with Crippen molar-refractivity contribution in [1.29, 1.82) is 0 Å². The number of rotatable bonds is 7. The number of nitrogens with zero attached hydrogens (tertiary/aromatic N) is 1. The number of methoxy groups -OCH3 is 2. The van der Waals surface area contributed by atoms with Crippen molar-refractivity contribution in [3.63, 3.8) is 0 Å². The molecule has 0 saturated heterocycles. The van der Waals surface area contributed by atoms with Crippen LogP contribution in [0.15, 0.2) is 53.5 Å². The Bertz CT molecular complexity index is 1070. The van der Waals surface area contributed by atoms with Crippen molar-refractivity contribution in [2.75, 3.05) is 24.9 Å². The smallest absolute Gasteiger partial charge is 0.196 e. The number of hydrogen-bond acceptors (Lipinski definition) is 4. The van der Waals surface area contributed by atoms with Gasteiger partial charge in [0, 0.05) is 23.5 Å². The zero-order valence-corrected chi connectivity index (χ0v) is 26.4. The fraction of sp³-hybridized carbons (Fsp3) is 0.588. The molecule has 4 N–H and O–H groups in total. The van der Waals surface area contributed by atoms with E-state index < -0.39 is 0 Å². The van der Waals surface area contributed by atoms with Crippen LogP contribution in [-0.2, 0) is 0 Å². The van der Waals surface area contributed by atoms with Crippen LogP contribution in [0.5, 0.6) is 11.5 Å². The summed E-state index contributed by atoms with van der Waals surface area (Å²) in [5.41, 5.74) is 2.05. The molecule has 3 aliphatic carbocycles. The van der Waals surface area contributed by atoms with E-state index in [-0.39, 0.29) is 0 Å². The van der Waals surface area contributed by atoms with Crippen molar-refractivity contribution in [2.24, 2.45) is 4.99 Å². The zero-order chi connectivity index (χ0) is 29.4. The first-order valence-electron chi connectivity index (χ1n) is 16.1. The van der Waals surface area contributed by atoms with E-state index in [1.807, 2.05) is 36.4 Å². The SMILES string of the molecule is COc1ccc(NC(=NC2CCCCC2)NC2CCCCC2)cc1.COc1ccc(NC(=S)NC2CCCCC2)cc1. The lowest BCUT2D eigenvalue weighted by Gasteiger charge is -2.27. The van der Waals surface area contributed by atoms with Gasteiger partial charge in [-0.2, -0.15) is 0 Å². The second kappa shape index (κ2) is 17.8. The van der Waals surface area contributed by atoms with Crippen LogP contribution in [0.2, 0.25) is 0 Å². The van der Waals surface area contributed by atoms with E-state index in [1.54, 1.807) is 14.2 Å². The number of ether oxygens (including phenoxy) is 2. The van der Waals surface area contributed by atoms with E-state index in [0.717, 1.165) is 28.8 Å². The molecule has 0 unspecified atom stereocenters. The predicted octanol–water partition coefficient (Wildman–Crippen LogP) is 8.03. The van der Waals surface area contributed by atoms with E-state index in [4.69, 9.17) is 26.7 Å². The van der Waals surface area contributed by atoms with E-state index in [9.17, 15) is 0 Å². The average molecular weight is 594 g/mol. The Kier molecular flexibility index (Phi) is 13.6. The maximum atomic E-state index is 5.32. The van der Waals surface area contributed by atoms with Gasteiger partial charge >= 0.3 is 0 Å². The van der Waals surface area contributed by atoms with Crippen molar-refractivity contribution >= 4 is 34.7 Å². The third-order valence-corrected chi connectivity index (χ3v) is 8.69. The molecule has 3 saturated carbocycles. The number of anilines is 2. The van der Waals surface area contributed by atoms with Crippen molar-refractivity contribution in [3.05, 3.63) is 48.5 Å². The highest BCUT2D eigenvalue weighted by molar-refractivity contribution is 7.80. The number of aliphatic imine (C=N–C) groups is 1. The molecule has 3 aliphatic rings. The molecule has 0 amide bonds. The van der Waals surface area contributed by atoms with Gasteiger partial charge in [-0.1, -0.05) is 57.8 Å². The lowest BCUT2D eigenvalue weighted by Crippen LogP contribution is -2.41. The van der Waals surface area contributed by atoms with Crippen LogP contribution in [0.4, 0.5) is 11.4 Å². The van der Waals surface area contributed by atoms with Gasteiger partial charge in [0.25, 0.3) is 0 Å². The summed E-state index contributed by atoms with van der Waals surface area (Å²) in [6.45, 7) is 0. The maximum absolute atomic E-state index is 5.32. The molecule has 42 heavy (non-hydrogen) atoms. The van der Waals surface area contributed by atoms with Crippen LogP contribution in [-0.4, -0.2) is 43.4 Å². The molecule has 0 aliphatic heterocycles. The second-order valence-corrected chi connectivity index (χ2v) is 12.2. The van der Waals surface area contributed by atoms with Gasteiger partial charge in [-0.15, -0.1) is 0 Å². The monoisotopic (exact) mass is 593 g/mol. The fourth-order valence-electron chi connectivity index (χ4n) is 6.02. The Morgan fingerprint density at radius 3 is 1.50 bits per heavy atom. The minimum Gasteiger partial charge on any atom is -0.497 e. The van der Waals surface area contributed by atoms with Crippen LogP contribution in [0.1, 0.15) is 96.3 Å². The molecule has 3 fully saturated rings. The van der Waals surface area contributed by atoms with Gasteiger partial charge in [0.1, 0.15) is 11.5 Å². The lowest BCUT2D eigenvalue weighted by molar-refractivity contribution is 0.408. The summed E-state index contributed by atoms with van der Waals surface area (Å²) in [4.78, 5) is 5.03. The summed E-state index contributed by atoms with van der Waals surface area (Å²) in [7, 11) is 3.36. The Hall–Kier alpha value is -3.00. The van der Waals surface area contributed by atoms with Crippen LogP contribution in [0, 0.1) is 0 Å². The summed E-state index contributed by atoms with van der Waals surface area (Å²) in [5, 5.41) is 14.5. The molecule has 2 aromatic rings. The van der Waals surface area contributed by atoms with Crippen molar-refractivity contribution in [1.82, 2.24) is 10.6 Å². The Morgan fingerprint density at radius 2 is 1.02 bits per heavy atom. The molecule has 0 radical (unpaired) electrons. The molecule has 0 heterocycles. The number of guanidine groups is 1. The first kappa shape index (κ1) is 31.9. The highest BCUT2D eigenvalue weighted by Gasteiger charge is 2.18. The highest BCUT2D eigenvalue weighted by Crippen LogP contribution is 2.23. The second-order valence-electron chi connectivity index (χ2n) is 11.8. The Balaban J connectivity index is 0.000000201. The first-order chi connectivity index (χ1) is 20.6. The van der Waals surface area contributed by atoms with Gasteiger partial charge < -0.3 is 30.7 Å². The summed E-state index contributed by atoms with van der Waals surface area (Å²) in [6.07, 6.45) is 19.4. The van der Waals surface area contributed by atoms with Gasteiger partial charge in [0.15, 0.2) is 11.1 Å². The van der Waals surface area contributed by atoms with Crippen molar-refractivity contribution in [2.45, 2.75) is 114 Å². The summed E-state index contributed by atoms with van der Waals surface area (Å²) in [5.74, 6) is 2.69. The summed E-state index contributed by atoms with van der Waals surface area (Å²) >= 11 is 5.32. The van der Waals surface area contributed by atoms with Crippen molar-refractivity contribution in [3.8, 4) is 11.5 Å². The van der Waals surface area contributed by atoms with E-state index in [2.05, 4.69) is 33.4 Å². The van der Waals surface area contributed by atoms with Gasteiger partial charge in [0.05, 0.1) is 20.3 Å². The quantitative estimate of drug-likeness (QED) is 0.147. The fourth-order valence-corrected chi connectivity index (χ4v) is 6.31. The molecule has 0 spiro atoms. The normalized spacial score (nSPS) is 18.7. The van der Waals surface area contributed by atoms with E-state index in [0.29, 0.717) is 23.2 Å². The molecular weight excluding hydrogens is 542 g/mol. The average Bonchev–Trinajstić information content (AvgIpc) is 3.03. The highest BCUT2D eigenvalue weighted by atomic mass is 32.1. The van der Waals surface area contributed by atoms with E-state index in [1.165, 1.54) is 96.3 Å². The van der Waals surface area contributed by atoms with Gasteiger partial charge in [-0.3, -0.25) is 0 Å². The predicted molar refractivity (Wildman–Crippen MR) is 180 cm³/mol. The Labute approximate surface area is 258 Å². The number of thiocarbonyl (C=S) groups is 1. The largest absolute Gasteiger partial charge is 0.497 e. The van der Waals surface area contributed by atoms with Crippen LogP contribution in [0.25, 0.3) is 0 Å². The number of nitrogens with one attached hydrogen (secondary N) is 4. The van der Waals surface area contributed by atoms with Gasteiger partial charge in [-0.05, 0) is 99.3 Å². The minimum absolute atomic E-state index is 0.468. The standard InChI is InChI=1S/C20H31N3O.C14H20N2OS/c1-24-19-14-12-18(13-15-19)23-20(21-16-8-4-2-5-9-16)22-17-10-6-3-7-11-17;1-17-13-9-7-12(8-10-13)16-14(18)15-11-5-3-2-4-6-11/h12-17H,2-11H2,1H3,(H2,21,22,23);7-11H,2-6H2,1H3,(H2,15,16,18). The zero-order valence-electron chi connectivity index (χ0n) is 25.6. The maximum Gasteiger partial charge on any atom is 0.196 e. The first-order valence-corrected chi connectivity index (χ1v) is 16.5. The number of benzene rings is 2. The third kappa shape index (κ3) is 11.3. The molecule has 0 aromatic heterocycles. The van der Waals surface area contributed by atoms with Crippen LogP contribution in [0.3, 0.4) is 0 Å².